The number of thiophene rings is 1. The molecule has 2 aliphatic heterocycles. The molecule has 1 N–H and O–H groups in total. The van der Waals surface area contributed by atoms with Crippen LogP contribution in [-0.2, 0) is 6.42 Å². The minimum atomic E-state index is -4.21. The van der Waals surface area contributed by atoms with Crippen molar-refractivity contribution in [2.24, 2.45) is 5.92 Å². The second-order valence-electron chi connectivity index (χ2n) is 5.80. The summed E-state index contributed by atoms with van der Waals surface area (Å²) in [6.07, 6.45) is -3.71. The smallest absolute Gasteiger partial charge is 0.353 e. The van der Waals surface area contributed by atoms with Gasteiger partial charge in [0, 0.05) is 30.4 Å². The fourth-order valence-corrected chi connectivity index (χ4v) is 4.55. The van der Waals surface area contributed by atoms with E-state index in [1.807, 2.05) is 0 Å². The Morgan fingerprint density at radius 3 is 2.86 bits per heavy atom. The summed E-state index contributed by atoms with van der Waals surface area (Å²) in [4.78, 5) is 11.2. The van der Waals surface area contributed by atoms with Crippen LogP contribution in [0.1, 0.15) is 4.88 Å². The highest BCUT2D eigenvalue weighted by atomic mass is 32.1. The van der Waals surface area contributed by atoms with Gasteiger partial charge in [0.1, 0.15) is 17.0 Å². The number of anilines is 1. The number of rotatable bonds is 2. The SMILES string of the molecule is FC(F)(F)Cc1cc2c(N3C[C@@H]4CN[C@]4(S)C3)ncnc2s1. The van der Waals surface area contributed by atoms with Crippen LogP contribution in [0.5, 0.6) is 0 Å². The molecular formula is C13H13F3N4S2. The minimum absolute atomic E-state index is 0.206. The van der Waals surface area contributed by atoms with Crippen molar-refractivity contribution in [3.8, 4) is 0 Å². The molecule has 2 saturated heterocycles. The highest BCUT2D eigenvalue weighted by molar-refractivity contribution is 7.81. The van der Waals surface area contributed by atoms with Crippen molar-refractivity contribution < 1.29 is 13.2 Å². The molecule has 9 heteroatoms. The van der Waals surface area contributed by atoms with E-state index in [1.165, 1.54) is 6.33 Å². The van der Waals surface area contributed by atoms with Crippen LogP contribution in [0.25, 0.3) is 10.2 Å². The quantitative estimate of drug-likeness (QED) is 0.820. The Balaban J connectivity index is 1.69. The van der Waals surface area contributed by atoms with Gasteiger partial charge in [-0.3, -0.25) is 0 Å². The van der Waals surface area contributed by atoms with Gasteiger partial charge in [0.15, 0.2) is 0 Å². The third-order valence-electron chi connectivity index (χ3n) is 4.24. The Kier molecular flexibility index (Phi) is 3.11. The molecule has 4 rings (SSSR count). The van der Waals surface area contributed by atoms with Crippen LogP contribution in [0.2, 0.25) is 0 Å². The molecule has 2 fully saturated rings. The molecule has 0 unspecified atom stereocenters. The lowest BCUT2D eigenvalue weighted by Crippen LogP contribution is -2.60. The Bertz CT molecular complexity index is 732. The lowest BCUT2D eigenvalue weighted by atomic mass is 9.95. The predicted octanol–water partition coefficient (Wildman–Crippen LogP) is 2.46. The number of fused-ring (bicyclic) bond motifs is 2. The predicted molar refractivity (Wildman–Crippen MR) is 82.6 cm³/mol. The Labute approximate surface area is 134 Å². The van der Waals surface area contributed by atoms with Gasteiger partial charge in [-0.25, -0.2) is 9.97 Å². The minimum Gasteiger partial charge on any atom is -0.353 e. The first-order valence-corrected chi connectivity index (χ1v) is 8.13. The van der Waals surface area contributed by atoms with Crippen LogP contribution in [0.3, 0.4) is 0 Å². The van der Waals surface area contributed by atoms with Crippen molar-refractivity contribution in [2.75, 3.05) is 24.5 Å². The lowest BCUT2D eigenvalue weighted by molar-refractivity contribution is -0.126. The number of nitrogens with zero attached hydrogens (tertiary/aromatic N) is 3. The summed E-state index contributed by atoms with van der Waals surface area (Å²) in [6, 6.07) is 1.57. The van der Waals surface area contributed by atoms with Crippen LogP contribution in [0.15, 0.2) is 12.4 Å². The Morgan fingerprint density at radius 2 is 2.27 bits per heavy atom. The first-order valence-electron chi connectivity index (χ1n) is 6.87. The van der Waals surface area contributed by atoms with Crippen molar-refractivity contribution >= 4 is 40.0 Å². The van der Waals surface area contributed by atoms with Crippen molar-refractivity contribution in [2.45, 2.75) is 17.5 Å². The first kappa shape index (κ1) is 14.5. The van der Waals surface area contributed by atoms with Gasteiger partial charge in [-0.15, -0.1) is 11.3 Å². The molecule has 4 heterocycles. The summed E-state index contributed by atoms with van der Waals surface area (Å²) < 4.78 is 37.7. The number of halogens is 3. The third kappa shape index (κ3) is 2.35. The van der Waals surface area contributed by atoms with Gasteiger partial charge in [-0.05, 0) is 6.07 Å². The number of hydrogen-bond donors (Lipinski definition) is 2. The first-order chi connectivity index (χ1) is 10.3. The highest BCUT2D eigenvalue weighted by Crippen LogP contribution is 2.41. The van der Waals surface area contributed by atoms with E-state index in [9.17, 15) is 13.2 Å². The van der Waals surface area contributed by atoms with Gasteiger partial charge in [-0.1, -0.05) is 0 Å². The topological polar surface area (TPSA) is 41.0 Å². The van der Waals surface area contributed by atoms with Crippen LogP contribution in [0, 0.1) is 5.92 Å². The fourth-order valence-electron chi connectivity index (χ4n) is 3.10. The van der Waals surface area contributed by atoms with Gasteiger partial charge < -0.3 is 10.2 Å². The summed E-state index contributed by atoms with van der Waals surface area (Å²) >= 11 is 5.73. The van der Waals surface area contributed by atoms with Crippen molar-refractivity contribution in [3.63, 3.8) is 0 Å². The van der Waals surface area contributed by atoms with Gasteiger partial charge in [-0.2, -0.15) is 25.8 Å². The average Bonchev–Trinajstić information content (AvgIpc) is 2.90. The molecule has 0 spiro atoms. The molecule has 0 aromatic carbocycles. The van der Waals surface area contributed by atoms with Crippen LogP contribution in [0.4, 0.5) is 19.0 Å². The zero-order chi connectivity index (χ0) is 15.5. The number of nitrogens with one attached hydrogen (secondary N) is 1. The van der Waals surface area contributed by atoms with Gasteiger partial charge in [0.05, 0.1) is 16.7 Å². The number of thiol groups is 1. The zero-order valence-corrected chi connectivity index (χ0v) is 13.1. The maximum atomic E-state index is 12.6. The van der Waals surface area contributed by atoms with Crippen LogP contribution >= 0.6 is 24.0 Å². The molecule has 0 bridgehead atoms. The zero-order valence-electron chi connectivity index (χ0n) is 11.4. The largest absolute Gasteiger partial charge is 0.393 e. The van der Waals surface area contributed by atoms with Crippen LogP contribution in [-0.4, -0.2) is 40.6 Å². The second-order valence-corrected chi connectivity index (χ2v) is 7.72. The van der Waals surface area contributed by atoms with Crippen molar-refractivity contribution in [1.29, 1.82) is 0 Å². The van der Waals surface area contributed by atoms with E-state index in [2.05, 4.69) is 32.8 Å². The van der Waals surface area contributed by atoms with E-state index in [-0.39, 0.29) is 9.75 Å². The molecule has 2 atom stereocenters. The van der Waals surface area contributed by atoms with E-state index < -0.39 is 12.6 Å². The van der Waals surface area contributed by atoms with Gasteiger partial charge in [0.25, 0.3) is 0 Å². The summed E-state index contributed by atoms with van der Waals surface area (Å²) in [5.74, 6) is 1.15. The molecule has 0 radical (unpaired) electrons. The molecule has 2 aliphatic rings. The summed E-state index contributed by atoms with van der Waals surface area (Å²) in [7, 11) is 0. The van der Waals surface area contributed by atoms with E-state index in [0.717, 1.165) is 24.4 Å². The van der Waals surface area contributed by atoms with Crippen LogP contribution < -0.4 is 10.2 Å². The second kappa shape index (κ2) is 4.72. The number of hydrogen-bond acceptors (Lipinski definition) is 6. The third-order valence-corrected chi connectivity index (χ3v) is 5.94. The standard InChI is InChI=1S/C13H13F3N4S2/c14-13(15,16)2-8-1-9-10(17-6-18-11(9)22-8)20-4-7-3-19-12(7,21)5-20/h1,6-7,19,21H,2-5H2/t7-,12-/m0/s1. The van der Waals surface area contributed by atoms with E-state index in [4.69, 9.17) is 0 Å². The van der Waals surface area contributed by atoms with E-state index in [0.29, 0.717) is 28.5 Å². The lowest BCUT2D eigenvalue weighted by Gasteiger charge is -2.40. The molecule has 22 heavy (non-hydrogen) atoms. The number of alkyl halides is 3. The van der Waals surface area contributed by atoms with E-state index in [1.54, 1.807) is 6.07 Å². The Hall–Kier alpha value is -1.06. The molecule has 2 aromatic heterocycles. The summed E-state index contributed by atoms with van der Waals surface area (Å²) in [5, 5.41) is 4.00. The molecule has 0 aliphatic carbocycles. The van der Waals surface area contributed by atoms with Crippen molar-refractivity contribution in [1.82, 2.24) is 15.3 Å². The van der Waals surface area contributed by atoms with Gasteiger partial charge >= 0.3 is 6.18 Å². The maximum absolute atomic E-state index is 12.6. The summed E-state index contributed by atoms with van der Waals surface area (Å²) in [6.45, 7) is 2.42. The van der Waals surface area contributed by atoms with Crippen molar-refractivity contribution in [3.05, 3.63) is 17.3 Å². The van der Waals surface area contributed by atoms with Gasteiger partial charge in [0.2, 0.25) is 0 Å². The summed E-state index contributed by atoms with van der Waals surface area (Å²) in [5.41, 5.74) is 0. The number of aromatic nitrogens is 2. The Morgan fingerprint density at radius 1 is 1.45 bits per heavy atom. The molecule has 2 aromatic rings. The maximum Gasteiger partial charge on any atom is 0.393 e. The molecule has 0 saturated carbocycles. The molecule has 4 nitrogen and oxygen atoms in total. The normalized spacial score (nSPS) is 28.0. The molecular weight excluding hydrogens is 333 g/mol. The highest BCUT2D eigenvalue weighted by Gasteiger charge is 2.51. The molecule has 118 valence electrons. The fraction of sp³-hybridized carbons (Fsp3) is 0.538. The monoisotopic (exact) mass is 346 g/mol. The molecule has 0 amide bonds. The average molecular weight is 346 g/mol. The van der Waals surface area contributed by atoms with E-state index >= 15 is 0 Å².